The first-order chi connectivity index (χ1) is 10.1. The number of nitrogens with zero attached hydrogens (tertiary/aromatic N) is 1. The van der Waals surface area contributed by atoms with Crippen molar-refractivity contribution in [1.82, 2.24) is 15.3 Å². The van der Waals surface area contributed by atoms with E-state index in [-0.39, 0.29) is 22.4 Å². The van der Waals surface area contributed by atoms with Crippen LogP contribution in [-0.4, -0.2) is 16.5 Å². The van der Waals surface area contributed by atoms with Crippen LogP contribution in [0, 0.1) is 5.82 Å². The molecular weight excluding hydrogens is 291 g/mol. The molecule has 4 N–H and O–H groups in total. The molecule has 2 aromatic rings. The van der Waals surface area contributed by atoms with Gasteiger partial charge in [-0.25, -0.2) is 9.37 Å². The third-order valence-electron chi connectivity index (χ3n) is 2.73. The van der Waals surface area contributed by atoms with Crippen LogP contribution < -0.4 is 16.6 Å². The minimum atomic E-state index is -0.355. The molecule has 1 aromatic carbocycles. The molecule has 7 heteroatoms. The van der Waals surface area contributed by atoms with Gasteiger partial charge in [0.2, 0.25) is 0 Å². The van der Waals surface area contributed by atoms with E-state index in [2.05, 4.69) is 22.2 Å². The molecule has 0 saturated carbocycles. The fraction of sp³-hybridized carbons (Fsp3) is 0.286. The highest BCUT2D eigenvalue weighted by molar-refractivity contribution is 7.99. The van der Waals surface area contributed by atoms with Gasteiger partial charge in [0.05, 0.1) is 4.90 Å². The number of aromatic amines is 1. The van der Waals surface area contributed by atoms with E-state index < -0.39 is 0 Å². The third-order valence-corrected chi connectivity index (χ3v) is 3.78. The van der Waals surface area contributed by atoms with Crippen molar-refractivity contribution in [3.05, 3.63) is 46.0 Å². The molecule has 21 heavy (non-hydrogen) atoms. The predicted molar refractivity (Wildman–Crippen MR) is 81.8 cm³/mol. The Bertz CT molecular complexity index is 674. The molecule has 5 nitrogen and oxygen atoms in total. The van der Waals surface area contributed by atoms with Crippen LogP contribution in [0.25, 0.3) is 0 Å². The van der Waals surface area contributed by atoms with Gasteiger partial charge in [0, 0.05) is 12.6 Å². The molecule has 0 aliphatic carbocycles. The van der Waals surface area contributed by atoms with Crippen LogP contribution in [0.3, 0.4) is 0 Å². The Labute approximate surface area is 126 Å². The Balaban J connectivity index is 2.27. The molecule has 0 atom stereocenters. The van der Waals surface area contributed by atoms with Gasteiger partial charge in [0.1, 0.15) is 11.6 Å². The van der Waals surface area contributed by atoms with Crippen LogP contribution >= 0.6 is 11.8 Å². The second kappa shape index (κ2) is 7.24. The van der Waals surface area contributed by atoms with E-state index in [1.807, 2.05) is 6.07 Å². The number of rotatable bonds is 6. The van der Waals surface area contributed by atoms with Crippen molar-refractivity contribution >= 4 is 17.6 Å². The Hall–Kier alpha value is -1.86. The summed E-state index contributed by atoms with van der Waals surface area (Å²) in [6.07, 6.45) is 1.00. The highest BCUT2D eigenvalue weighted by atomic mass is 32.2. The number of aromatic nitrogens is 2. The standard InChI is InChI=1S/C14H17FN4OS/c1-2-6-17-8-9-4-3-5-10(15)13(9)21-14-18-11(16)7-12(20)19-14/h3-5,7,17H,2,6,8H2,1H3,(H3,16,18,19,20). The molecule has 0 unspecified atom stereocenters. The number of hydrogen-bond donors (Lipinski definition) is 3. The van der Waals surface area contributed by atoms with Crippen molar-refractivity contribution in [2.45, 2.75) is 29.9 Å². The first-order valence-corrected chi connectivity index (χ1v) is 7.44. The van der Waals surface area contributed by atoms with Gasteiger partial charge >= 0.3 is 0 Å². The van der Waals surface area contributed by atoms with E-state index >= 15 is 0 Å². The summed E-state index contributed by atoms with van der Waals surface area (Å²) in [4.78, 5) is 18.4. The fourth-order valence-electron chi connectivity index (χ4n) is 1.81. The van der Waals surface area contributed by atoms with Crippen LogP contribution in [0.1, 0.15) is 18.9 Å². The predicted octanol–water partition coefficient (Wildman–Crippen LogP) is 2.14. The van der Waals surface area contributed by atoms with Gasteiger partial charge in [-0.1, -0.05) is 19.1 Å². The van der Waals surface area contributed by atoms with Crippen LogP contribution in [0.4, 0.5) is 10.2 Å². The average Bonchev–Trinajstić information content (AvgIpc) is 2.41. The van der Waals surface area contributed by atoms with Gasteiger partial charge in [-0.05, 0) is 36.4 Å². The molecular formula is C14H17FN4OS. The van der Waals surface area contributed by atoms with Gasteiger partial charge in [0.25, 0.3) is 5.56 Å². The maximum atomic E-state index is 14.0. The van der Waals surface area contributed by atoms with E-state index in [9.17, 15) is 9.18 Å². The number of hydrogen-bond acceptors (Lipinski definition) is 5. The smallest absolute Gasteiger partial charge is 0.253 e. The summed E-state index contributed by atoms with van der Waals surface area (Å²) in [5.41, 5.74) is 6.00. The van der Waals surface area contributed by atoms with Gasteiger partial charge < -0.3 is 16.0 Å². The van der Waals surface area contributed by atoms with E-state index in [1.165, 1.54) is 12.1 Å². The van der Waals surface area contributed by atoms with E-state index in [1.54, 1.807) is 6.07 Å². The van der Waals surface area contributed by atoms with E-state index in [4.69, 9.17) is 5.73 Å². The Morgan fingerprint density at radius 1 is 1.48 bits per heavy atom. The molecule has 112 valence electrons. The second-order valence-corrected chi connectivity index (χ2v) is 5.48. The number of nitrogens with two attached hydrogens (primary N) is 1. The topological polar surface area (TPSA) is 83.8 Å². The third kappa shape index (κ3) is 4.30. The lowest BCUT2D eigenvalue weighted by atomic mass is 10.2. The van der Waals surface area contributed by atoms with Crippen LogP contribution in [0.2, 0.25) is 0 Å². The van der Waals surface area contributed by atoms with Gasteiger partial charge in [-0.15, -0.1) is 0 Å². The minimum Gasteiger partial charge on any atom is -0.383 e. The maximum Gasteiger partial charge on any atom is 0.253 e. The zero-order valence-electron chi connectivity index (χ0n) is 11.6. The molecule has 0 bridgehead atoms. The average molecular weight is 308 g/mol. The molecule has 0 aliphatic heterocycles. The van der Waals surface area contributed by atoms with Crippen molar-refractivity contribution in [3.8, 4) is 0 Å². The summed E-state index contributed by atoms with van der Waals surface area (Å²) in [5, 5.41) is 3.51. The molecule has 0 fully saturated rings. The van der Waals surface area contributed by atoms with Gasteiger partial charge in [0.15, 0.2) is 5.16 Å². The molecule has 2 rings (SSSR count). The number of benzene rings is 1. The fourth-order valence-corrected chi connectivity index (χ4v) is 2.74. The molecule has 0 spiro atoms. The minimum absolute atomic E-state index is 0.114. The number of nitrogen functional groups attached to an aromatic ring is 1. The summed E-state index contributed by atoms with van der Waals surface area (Å²) in [6, 6.07) is 6.08. The van der Waals surface area contributed by atoms with Crippen molar-refractivity contribution in [2.75, 3.05) is 12.3 Å². The quantitative estimate of drug-likeness (QED) is 0.562. The summed E-state index contributed by atoms with van der Waals surface area (Å²) in [6.45, 7) is 3.48. The SMILES string of the molecule is CCCNCc1cccc(F)c1Sc1nc(N)cc(=O)[nH]1. The maximum absolute atomic E-state index is 14.0. The van der Waals surface area contributed by atoms with E-state index in [0.717, 1.165) is 30.3 Å². The van der Waals surface area contributed by atoms with Gasteiger partial charge in [-0.3, -0.25) is 4.79 Å². The number of nitrogens with one attached hydrogen (secondary N) is 2. The second-order valence-electron chi connectivity index (χ2n) is 4.48. The first kappa shape index (κ1) is 15.5. The normalized spacial score (nSPS) is 10.8. The number of H-pyrrole nitrogens is 1. The van der Waals surface area contributed by atoms with Crippen molar-refractivity contribution < 1.29 is 4.39 Å². The lowest BCUT2D eigenvalue weighted by Crippen LogP contribution is -2.15. The molecule has 1 aromatic heterocycles. The van der Waals surface area contributed by atoms with Gasteiger partial charge in [-0.2, -0.15) is 0 Å². The summed E-state index contributed by atoms with van der Waals surface area (Å²) in [5.74, 6) is -0.232. The Kier molecular flexibility index (Phi) is 5.35. The Morgan fingerprint density at radius 3 is 3.00 bits per heavy atom. The number of anilines is 1. The van der Waals surface area contributed by atoms with Crippen LogP contribution in [0.5, 0.6) is 0 Å². The first-order valence-electron chi connectivity index (χ1n) is 6.63. The molecule has 0 radical (unpaired) electrons. The zero-order valence-corrected chi connectivity index (χ0v) is 12.5. The summed E-state index contributed by atoms with van der Waals surface area (Å²) in [7, 11) is 0. The largest absolute Gasteiger partial charge is 0.383 e. The summed E-state index contributed by atoms with van der Waals surface area (Å²) < 4.78 is 14.0. The van der Waals surface area contributed by atoms with E-state index in [0.29, 0.717) is 11.4 Å². The monoisotopic (exact) mass is 308 g/mol. The zero-order chi connectivity index (χ0) is 15.2. The number of halogens is 1. The lowest BCUT2D eigenvalue weighted by molar-refractivity contribution is 0.588. The highest BCUT2D eigenvalue weighted by Gasteiger charge is 2.12. The van der Waals surface area contributed by atoms with Crippen molar-refractivity contribution in [2.24, 2.45) is 0 Å². The van der Waals surface area contributed by atoms with Crippen LogP contribution in [0.15, 0.2) is 39.1 Å². The summed E-state index contributed by atoms with van der Waals surface area (Å²) >= 11 is 1.07. The highest BCUT2D eigenvalue weighted by Crippen LogP contribution is 2.30. The lowest BCUT2D eigenvalue weighted by Gasteiger charge is -2.10. The molecule has 1 heterocycles. The molecule has 0 amide bonds. The van der Waals surface area contributed by atoms with Crippen molar-refractivity contribution in [1.29, 1.82) is 0 Å². The molecule has 0 aliphatic rings. The van der Waals surface area contributed by atoms with Crippen LogP contribution in [-0.2, 0) is 6.54 Å². The Morgan fingerprint density at radius 2 is 2.29 bits per heavy atom. The van der Waals surface area contributed by atoms with Crippen molar-refractivity contribution in [3.63, 3.8) is 0 Å². The molecule has 0 saturated heterocycles.